The van der Waals surface area contributed by atoms with Crippen LogP contribution in [0.15, 0.2) is 24.3 Å². The van der Waals surface area contributed by atoms with Gasteiger partial charge in [0.2, 0.25) is 0 Å². The maximum Gasteiger partial charge on any atom is 0.0480 e. The number of aromatic nitrogens is 1. The van der Waals surface area contributed by atoms with Gasteiger partial charge in [-0.3, -0.25) is 4.90 Å². The smallest absolute Gasteiger partial charge is 0.0480 e. The number of aryl methyl sites for hydroxylation is 2. The van der Waals surface area contributed by atoms with Crippen molar-refractivity contribution in [1.82, 2.24) is 14.8 Å². The number of nitrogens with one attached hydrogen (secondary N) is 1. The third-order valence-electron chi connectivity index (χ3n) is 6.55. The molecule has 3 fully saturated rings. The van der Waals surface area contributed by atoms with Gasteiger partial charge in [0, 0.05) is 42.3 Å². The molecule has 0 spiro atoms. The van der Waals surface area contributed by atoms with E-state index in [0.717, 1.165) is 30.5 Å². The molecule has 1 aromatic carbocycles. The van der Waals surface area contributed by atoms with E-state index in [9.17, 15) is 0 Å². The van der Waals surface area contributed by atoms with E-state index in [1.807, 2.05) is 0 Å². The lowest BCUT2D eigenvalue weighted by Crippen LogP contribution is -2.34. The molecular formula is C19H25N3. The summed E-state index contributed by atoms with van der Waals surface area (Å²) in [6, 6.07) is 10.9. The summed E-state index contributed by atoms with van der Waals surface area (Å²) in [5.41, 5.74) is 4.20. The predicted octanol–water partition coefficient (Wildman–Crippen LogP) is 2.67. The van der Waals surface area contributed by atoms with Crippen molar-refractivity contribution in [2.75, 3.05) is 13.1 Å². The molecule has 2 aromatic rings. The number of hydrogen-bond donors (Lipinski definition) is 1. The number of nitrogens with zero attached hydrogens (tertiary/aromatic N) is 2. The number of benzene rings is 1. The van der Waals surface area contributed by atoms with Gasteiger partial charge in [-0.1, -0.05) is 11.6 Å². The summed E-state index contributed by atoms with van der Waals surface area (Å²) < 4.78 is 2.40. The third kappa shape index (κ3) is 1.70. The van der Waals surface area contributed by atoms with E-state index in [4.69, 9.17) is 0 Å². The highest BCUT2D eigenvalue weighted by Gasteiger charge is 2.54. The fourth-order valence-corrected chi connectivity index (χ4v) is 5.50. The van der Waals surface area contributed by atoms with Crippen molar-refractivity contribution >= 4 is 10.9 Å². The summed E-state index contributed by atoms with van der Waals surface area (Å²) in [6.45, 7) is 5.81. The van der Waals surface area contributed by atoms with E-state index in [-0.39, 0.29) is 0 Å². The van der Waals surface area contributed by atoms with Crippen LogP contribution in [0.3, 0.4) is 0 Å². The van der Waals surface area contributed by atoms with E-state index < -0.39 is 0 Å². The van der Waals surface area contributed by atoms with Crippen LogP contribution < -0.4 is 5.32 Å². The molecule has 0 unspecified atom stereocenters. The van der Waals surface area contributed by atoms with Crippen molar-refractivity contribution in [3.63, 3.8) is 0 Å². The minimum atomic E-state index is 0.824. The zero-order valence-electron chi connectivity index (χ0n) is 13.5. The van der Waals surface area contributed by atoms with Crippen molar-refractivity contribution in [3.8, 4) is 0 Å². The third-order valence-corrected chi connectivity index (χ3v) is 6.55. The van der Waals surface area contributed by atoms with Crippen LogP contribution in [0, 0.1) is 18.8 Å². The summed E-state index contributed by atoms with van der Waals surface area (Å²) in [5.74, 6) is 1.83. The molecule has 1 N–H and O–H groups in total. The van der Waals surface area contributed by atoms with E-state index in [0.29, 0.717) is 0 Å². The molecule has 1 aromatic heterocycles. The Morgan fingerprint density at radius 1 is 1.09 bits per heavy atom. The largest absolute Gasteiger partial charge is 0.346 e. The Balaban J connectivity index is 1.48. The average molecular weight is 295 g/mol. The SMILES string of the molecule is Cc1ccc2c(c1)cc(CN1[C@@H]3CC[C@H]1[C@H]1CNC[C@H]13)n2C. The lowest BCUT2D eigenvalue weighted by molar-refractivity contribution is 0.214. The summed E-state index contributed by atoms with van der Waals surface area (Å²) in [6.07, 6.45) is 2.83. The number of fused-ring (bicyclic) bond motifs is 6. The summed E-state index contributed by atoms with van der Waals surface area (Å²) in [5, 5.41) is 5.01. The molecule has 0 saturated carbocycles. The minimum Gasteiger partial charge on any atom is -0.346 e. The van der Waals surface area contributed by atoms with Crippen molar-refractivity contribution in [2.45, 2.75) is 38.4 Å². The van der Waals surface area contributed by atoms with Gasteiger partial charge >= 0.3 is 0 Å². The molecule has 3 nitrogen and oxygen atoms in total. The molecule has 3 saturated heterocycles. The molecule has 4 atom stereocenters. The Morgan fingerprint density at radius 3 is 2.55 bits per heavy atom. The van der Waals surface area contributed by atoms with E-state index in [1.165, 1.54) is 48.1 Å². The lowest BCUT2D eigenvalue weighted by atomic mass is 9.82. The molecule has 2 bridgehead atoms. The first kappa shape index (κ1) is 13.1. The monoisotopic (exact) mass is 295 g/mol. The molecule has 0 aliphatic carbocycles. The van der Waals surface area contributed by atoms with Crippen molar-refractivity contribution < 1.29 is 0 Å². The zero-order valence-corrected chi connectivity index (χ0v) is 13.5. The molecule has 3 aliphatic rings. The molecular weight excluding hydrogens is 270 g/mol. The molecule has 3 heteroatoms. The summed E-state index contributed by atoms with van der Waals surface area (Å²) >= 11 is 0. The van der Waals surface area contributed by atoms with Gasteiger partial charge in [-0.2, -0.15) is 0 Å². The highest BCUT2D eigenvalue weighted by molar-refractivity contribution is 5.82. The Bertz CT molecular complexity index is 714. The van der Waals surface area contributed by atoms with Crippen LogP contribution >= 0.6 is 0 Å². The second-order valence-corrected chi connectivity index (χ2v) is 7.63. The maximum absolute atomic E-state index is 3.62. The topological polar surface area (TPSA) is 20.2 Å². The van der Waals surface area contributed by atoms with Gasteiger partial charge in [-0.15, -0.1) is 0 Å². The predicted molar refractivity (Wildman–Crippen MR) is 89.9 cm³/mol. The molecule has 0 amide bonds. The second-order valence-electron chi connectivity index (χ2n) is 7.63. The van der Waals surface area contributed by atoms with Crippen LogP contribution in [-0.4, -0.2) is 34.6 Å². The first-order valence-electron chi connectivity index (χ1n) is 8.74. The number of rotatable bonds is 2. The lowest BCUT2D eigenvalue weighted by Gasteiger charge is -2.24. The van der Waals surface area contributed by atoms with Gasteiger partial charge in [-0.25, -0.2) is 0 Å². The summed E-state index contributed by atoms with van der Waals surface area (Å²) in [4.78, 5) is 2.83. The zero-order chi connectivity index (χ0) is 14.8. The molecule has 5 rings (SSSR count). The van der Waals surface area contributed by atoms with Gasteiger partial charge in [-0.05, 0) is 62.9 Å². The number of hydrogen-bond acceptors (Lipinski definition) is 2. The highest BCUT2D eigenvalue weighted by Crippen LogP contribution is 2.48. The Kier molecular flexibility index (Phi) is 2.74. The van der Waals surface area contributed by atoms with Crippen LogP contribution in [0.1, 0.15) is 24.1 Å². The molecule has 3 aliphatic heterocycles. The molecule has 0 radical (unpaired) electrons. The summed E-state index contributed by atoms with van der Waals surface area (Å²) in [7, 11) is 2.23. The quantitative estimate of drug-likeness (QED) is 0.919. The van der Waals surface area contributed by atoms with E-state index in [2.05, 4.69) is 53.0 Å². The van der Waals surface area contributed by atoms with Gasteiger partial charge in [0.25, 0.3) is 0 Å². The van der Waals surface area contributed by atoms with Crippen LogP contribution in [0.4, 0.5) is 0 Å². The maximum atomic E-state index is 3.62. The Hall–Kier alpha value is -1.32. The van der Waals surface area contributed by atoms with Gasteiger partial charge in [0.1, 0.15) is 0 Å². The minimum absolute atomic E-state index is 0.824. The van der Waals surface area contributed by atoms with Crippen molar-refractivity contribution in [2.24, 2.45) is 18.9 Å². The molecule has 22 heavy (non-hydrogen) atoms. The first-order valence-corrected chi connectivity index (χ1v) is 8.74. The average Bonchev–Trinajstić information content (AvgIpc) is 3.22. The van der Waals surface area contributed by atoms with Crippen molar-refractivity contribution in [3.05, 3.63) is 35.5 Å². The van der Waals surface area contributed by atoms with Crippen LogP contribution in [0.2, 0.25) is 0 Å². The Labute approximate surface area is 132 Å². The second kappa shape index (κ2) is 4.59. The van der Waals surface area contributed by atoms with Gasteiger partial charge in [0.15, 0.2) is 0 Å². The van der Waals surface area contributed by atoms with Crippen molar-refractivity contribution in [1.29, 1.82) is 0 Å². The van der Waals surface area contributed by atoms with Crippen LogP contribution in [-0.2, 0) is 13.6 Å². The van der Waals surface area contributed by atoms with E-state index >= 15 is 0 Å². The molecule has 116 valence electrons. The Morgan fingerprint density at radius 2 is 1.82 bits per heavy atom. The van der Waals surface area contributed by atoms with Gasteiger partial charge in [0.05, 0.1) is 0 Å². The fraction of sp³-hybridized carbons (Fsp3) is 0.579. The fourth-order valence-electron chi connectivity index (χ4n) is 5.50. The van der Waals surface area contributed by atoms with E-state index in [1.54, 1.807) is 0 Å². The van der Waals surface area contributed by atoms with Gasteiger partial charge < -0.3 is 9.88 Å². The normalized spacial score (nSPS) is 33.9. The van der Waals surface area contributed by atoms with Crippen LogP contribution in [0.25, 0.3) is 10.9 Å². The highest BCUT2D eigenvalue weighted by atomic mass is 15.3. The standard InChI is InChI=1S/C19H25N3/c1-12-3-4-17-13(7-12)8-14(21(17)2)11-22-18-5-6-19(22)16-10-20-9-15(16)18/h3-4,7-8,15-16,18-20H,5-6,9-11H2,1-2H3/t15-,16+,18-,19+. The van der Waals surface area contributed by atoms with Crippen LogP contribution in [0.5, 0.6) is 0 Å². The molecule has 4 heterocycles. The first-order chi connectivity index (χ1) is 10.7.